The minimum atomic E-state index is -0.224. The van der Waals surface area contributed by atoms with Crippen molar-refractivity contribution in [3.8, 4) is 0 Å². The Morgan fingerprint density at radius 1 is 1.10 bits per heavy atom. The number of rotatable bonds is 6. The molecular weight excluding hydrogens is 384 g/mol. The van der Waals surface area contributed by atoms with E-state index in [0.717, 1.165) is 62.4 Å². The zero-order chi connectivity index (χ0) is 20.1. The largest absolute Gasteiger partial charge is 0.342 e. The first-order valence-corrected chi connectivity index (χ1v) is 11.3. The van der Waals surface area contributed by atoms with Gasteiger partial charge < -0.3 is 10.2 Å². The Hall–Kier alpha value is -2.25. The highest BCUT2D eigenvalue weighted by Gasteiger charge is 2.30. The molecule has 0 bridgehead atoms. The number of amides is 2. The molecule has 1 atom stereocenters. The summed E-state index contributed by atoms with van der Waals surface area (Å²) in [5.74, 6) is 0.442. The molecule has 3 heterocycles. The molecule has 2 aromatic rings. The molecule has 2 aliphatic heterocycles. The van der Waals surface area contributed by atoms with Crippen LogP contribution in [0.4, 0.5) is 0 Å². The van der Waals surface area contributed by atoms with Gasteiger partial charge in [-0.25, -0.2) is 4.98 Å². The summed E-state index contributed by atoms with van der Waals surface area (Å²) in [4.78, 5) is 33.9. The van der Waals surface area contributed by atoms with E-state index in [1.54, 1.807) is 17.5 Å². The molecule has 1 N–H and O–H groups in total. The molecule has 1 aromatic heterocycles. The van der Waals surface area contributed by atoms with E-state index in [1.807, 2.05) is 40.6 Å². The fraction of sp³-hybridized carbons (Fsp3) is 0.500. The van der Waals surface area contributed by atoms with Gasteiger partial charge in [-0.15, -0.1) is 11.3 Å². The van der Waals surface area contributed by atoms with E-state index in [2.05, 4.69) is 15.2 Å². The van der Waals surface area contributed by atoms with E-state index in [0.29, 0.717) is 12.5 Å². The molecule has 1 aromatic carbocycles. The third kappa shape index (κ3) is 5.03. The number of piperidine rings is 1. The lowest BCUT2D eigenvalue weighted by molar-refractivity contribution is -0.136. The molecule has 0 saturated carbocycles. The van der Waals surface area contributed by atoms with Crippen molar-refractivity contribution in [1.82, 2.24) is 20.1 Å². The molecule has 2 saturated heterocycles. The first-order chi connectivity index (χ1) is 14.2. The van der Waals surface area contributed by atoms with Gasteiger partial charge in [0, 0.05) is 30.6 Å². The molecule has 29 heavy (non-hydrogen) atoms. The van der Waals surface area contributed by atoms with E-state index in [-0.39, 0.29) is 17.9 Å². The second-order valence-corrected chi connectivity index (χ2v) is 8.79. The molecule has 7 heteroatoms. The Balaban J connectivity index is 1.30. The number of nitrogens with one attached hydrogen (secondary N) is 1. The number of hydrogen-bond donors (Lipinski definition) is 1. The molecule has 2 fully saturated rings. The summed E-state index contributed by atoms with van der Waals surface area (Å²) in [6.07, 6.45) is 5.72. The molecule has 4 rings (SSSR count). The zero-order valence-electron chi connectivity index (χ0n) is 16.6. The summed E-state index contributed by atoms with van der Waals surface area (Å²) < 4.78 is 0. The second-order valence-electron chi connectivity index (χ2n) is 7.86. The van der Waals surface area contributed by atoms with Crippen molar-refractivity contribution in [3.05, 3.63) is 52.5 Å². The molecule has 2 amide bonds. The summed E-state index contributed by atoms with van der Waals surface area (Å²) >= 11 is 1.55. The lowest BCUT2D eigenvalue weighted by Gasteiger charge is -2.33. The lowest BCUT2D eigenvalue weighted by Crippen LogP contribution is -2.45. The van der Waals surface area contributed by atoms with Crippen molar-refractivity contribution in [2.24, 2.45) is 5.92 Å². The normalized spacial score (nSPS) is 19.2. The van der Waals surface area contributed by atoms with Crippen molar-refractivity contribution in [3.63, 3.8) is 0 Å². The van der Waals surface area contributed by atoms with Crippen LogP contribution in [0, 0.1) is 5.92 Å². The fourth-order valence-electron chi connectivity index (χ4n) is 4.25. The van der Waals surface area contributed by atoms with Crippen LogP contribution in [0.1, 0.15) is 42.3 Å². The molecule has 0 aliphatic carbocycles. The number of benzene rings is 1. The maximum absolute atomic E-state index is 12.8. The van der Waals surface area contributed by atoms with Gasteiger partial charge in [0.25, 0.3) is 0 Å². The van der Waals surface area contributed by atoms with E-state index >= 15 is 0 Å². The van der Waals surface area contributed by atoms with Crippen LogP contribution in [0.5, 0.6) is 0 Å². The monoisotopic (exact) mass is 412 g/mol. The number of likely N-dealkylation sites (tertiary alicyclic amines) is 2. The third-order valence-corrected chi connectivity index (χ3v) is 6.70. The molecule has 2 aliphatic rings. The van der Waals surface area contributed by atoms with Crippen LogP contribution in [-0.4, -0.2) is 59.3 Å². The lowest BCUT2D eigenvalue weighted by atomic mass is 9.95. The van der Waals surface area contributed by atoms with Gasteiger partial charge in [0.2, 0.25) is 11.8 Å². The van der Waals surface area contributed by atoms with Gasteiger partial charge in [0.05, 0.1) is 6.54 Å². The zero-order valence-corrected chi connectivity index (χ0v) is 17.4. The fourth-order valence-corrected chi connectivity index (χ4v) is 4.97. The van der Waals surface area contributed by atoms with Crippen LogP contribution in [0.2, 0.25) is 0 Å². The number of hydrogen-bond acceptors (Lipinski definition) is 5. The van der Waals surface area contributed by atoms with E-state index < -0.39 is 0 Å². The van der Waals surface area contributed by atoms with Crippen LogP contribution in [0.3, 0.4) is 0 Å². The standard InChI is InChI=1S/C22H28N4O2S/c27-19(24-20(21-23-10-15-29-21)17-6-2-1-3-7-17)16-25-13-8-18(9-14-25)22(28)26-11-4-5-12-26/h1-3,6-7,10,15,18,20H,4-5,8-9,11-14,16H2,(H,24,27). The van der Waals surface area contributed by atoms with Gasteiger partial charge in [-0.2, -0.15) is 0 Å². The minimum Gasteiger partial charge on any atom is -0.342 e. The number of nitrogens with zero attached hydrogens (tertiary/aromatic N) is 3. The highest BCUT2D eigenvalue weighted by Crippen LogP contribution is 2.24. The van der Waals surface area contributed by atoms with Crippen LogP contribution < -0.4 is 5.32 Å². The van der Waals surface area contributed by atoms with Crippen molar-refractivity contribution < 1.29 is 9.59 Å². The van der Waals surface area contributed by atoms with Crippen LogP contribution in [-0.2, 0) is 9.59 Å². The quantitative estimate of drug-likeness (QED) is 0.792. The summed E-state index contributed by atoms with van der Waals surface area (Å²) in [6, 6.07) is 9.73. The van der Waals surface area contributed by atoms with Gasteiger partial charge in [0.15, 0.2) is 0 Å². The highest BCUT2D eigenvalue weighted by atomic mass is 32.1. The Morgan fingerprint density at radius 3 is 2.48 bits per heavy atom. The van der Waals surface area contributed by atoms with Crippen molar-refractivity contribution >= 4 is 23.2 Å². The van der Waals surface area contributed by atoms with E-state index in [9.17, 15) is 9.59 Å². The highest BCUT2D eigenvalue weighted by molar-refractivity contribution is 7.09. The Morgan fingerprint density at radius 2 is 1.83 bits per heavy atom. The van der Waals surface area contributed by atoms with Crippen LogP contribution in [0.25, 0.3) is 0 Å². The molecule has 0 radical (unpaired) electrons. The number of thiazole rings is 1. The topological polar surface area (TPSA) is 65.5 Å². The van der Waals surface area contributed by atoms with Crippen molar-refractivity contribution in [2.45, 2.75) is 31.7 Å². The van der Waals surface area contributed by atoms with Gasteiger partial charge in [-0.05, 0) is 44.3 Å². The first kappa shape index (κ1) is 20.0. The number of carbonyl (C=O) groups excluding carboxylic acids is 2. The first-order valence-electron chi connectivity index (χ1n) is 10.5. The van der Waals surface area contributed by atoms with Crippen molar-refractivity contribution in [1.29, 1.82) is 0 Å². The summed E-state index contributed by atoms with van der Waals surface area (Å²) in [5.41, 5.74) is 1.03. The molecule has 0 spiro atoms. The Kier molecular flexibility index (Phi) is 6.56. The predicted molar refractivity (Wildman–Crippen MR) is 114 cm³/mol. The smallest absolute Gasteiger partial charge is 0.235 e. The van der Waals surface area contributed by atoms with Gasteiger partial charge >= 0.3 is 0 Å². The maximum Gasteiger partial charge on any atom is 0.235 e. The number of aromatic nitrogens is 1. The van der Waals surface area contributed by atoms with E-state index in [4.69, 9.17) is 0 Å². The van der Waals surface area contributed by atoms with Crippen molar-refractivity contribution in [2.75, 3.05) is 32.7 Å². The molecule has 154 valence electrons. The molecular formula is C22H28N4O2S. The van der Waals surface area contributed by atoms with Gasteiger partial charge in [-0.3, -0.25) is 14.5 Å². The van der Waals surface area contributed by atoms with E-state index in [1.165, 1.54) is 0 Å². The summed E-state index contributed by atoms with van der Waals surface area (Å²) in [5, 5.41) is 5.97. The third-order valence-electron chi connectivity index (χ3n) is 5.86. The maximum atomic E-state index is 12.8. The summed E-state index contributed by atoms with van der Waals surface area (Å²) in [6.45, 7) is 3.79. The Labute approximate surface area is 175 Å². The summed E-state index contributed by atoms with van der Waals surface area (Å²) in [7, 11) is 0. The molecule has 1 unspecified atom stereocenters. The Bertz CT molecular complexity index is 797. The SMILES string of the molecule is O=C(CN1CCC(C(=O)N2CCCC2)CC1)NC(c1ccccc1)c1nccs1. The van der Waals surface area contributed by atoms with Gasteiger partial charge in [-0.1, -0.05) is 30.3 Å². The van der Waals surface area contributed by atoms with Gasteiger partial charge in [0.1, 0.15) is 11.0 Å². The predicted octanol–water partition coefficient (Wildman–Crippen LogP) is 2.68. The second kappa shape index (κ2) is 9.50. The average molecular weight is 413 g/mol. The number of carbonyl (C=O) groups is 2. The minimum absolute atomic E-state index is 0.00151. The van der Waals surface area contributed by atoms with Crippen LogP contribution >= 0.6 is 11.3 Å². The van der Waals surface area contributed by atoms with Crippen LogP contribution in [0.15, 0.2) is 41.9 Å². The average Bonchev–Trinajstić information content (AvgIpc) is 3.47. The molecule has 6 nitrogen and oxygen atoms in total.